The number of thioether (sulfide) groups is 1. The van der Waals surface area contributed by atoms with E-state index in [0.29, 0.717) is 24.5 Å². The lowest BCUT2D eigenvalue weighted by molar-refractivity contribution is -0.158. The van der Waals surface area contributed by atoms with Crippen LogP contribution in [0.3, 0.4) is 0 Å². The number of nitrogens with zero attached hydrogens (tertiary/aromatic N) is 5. The number of tetrazole rings is 1. The summed E-state index contributed by atoms with van der Waals surface area (Å²) in [5, 5.41) is 14.7. The Balaban J connectivity index is 1.46. The standard InChI is InChI=1S/C19H22N6O3S/c26-15-12-24(19(17(28)20-15)9-5-2-6-10-19)16(27)13-29-18-21-22-23-25(18)11-14-7-3-1-4-8-14/h1,3-4,7-8H,2,5-6,9-13H2,(H,20,26,28). The van der Waals surface area contributed by atoms with Gasteiger partial charge in [-0.15, -0.1) is 5.10 Å². The van der Waals surface area contributed by atoms with Crippen LogP contribution in [0.4, 0.5) is 0 Å². The third kappa shape index (κ3) is 4.02. The van der Waals surface area contributed by atoms with E-state index in [1.807, 2.05) is 30.3 Å². The van der Waals surface area contributed by atoms with Crippen molar-refractivity contribution in [3.05, 3.63) is 35.9 Å². The van der Waals surface area contributed by atoms with Crippen molar-refractivity contribution in [3.63, 3.8) is 0 Å². The molecule has 1 saturated heterocycles. The van der Waals surface area contributed by atoms with E-state index in [-0.39, 0.29) is 24.1 Å². The molecule has 0 bridgehead atoms. The van der Waals surface area contributed by atoms with Crippen molar-refractivity contribution in [3.8, 4) is 0 Å². The molecule has 1 aliphatic carbocycles. The van der Waals surface area contributed by atoms with Crippen molar-refractivity contribution in [1.29, 1.82) is 0 Å². The molecule has 1 aromatic heterocycles. The maximum Gasteiger partial charge on any atom is 0.252 e. The minimum Gasteiger partial charge on any atom is -0.318 e. The van der Waals surface area contributed by atoms with E-state index in [9.17, 15) is 14.4 Å². The maximum absolute atomic E-state index is 13.0. The first-order valence-corrected chi connectivity index (χ1v) is 10.6. The van der Waals surface area contributed by atoms with E-state index < -0.39 is 11.4 Å². The topological polar surface area (TPSA) is 110 Å². The van der Waals surface area contributed by atoms with Gasteiger partial charge >= 0.3 is 0 Å². The summed E-state index contributed by atoms with van der Waals surface area (Å²) in [4.78, 5) is 39.1. The number of hydrogen-bond donors (Lipinski definition) is 1. The number of carbonyl (C=O) groups is 3. The molecule has 1 aromatic carbocycles. The summed E-state index contributed by atoms with van der Waals surface area (Å²) in [6, 6.07) is 9.78. The van der Waals surface area contributed by atoms with Crippen LogP contribution in [0, 0.1) is 0 Å². The fourth-order valence-corrected chi connectivity index (χ4v) is 4.77. The first-order chi connectivity index (χ1) is 14.1. The Hall–Kier alpha value is -2.75. The Bertz CT molecular complexity index is 910. The third-order valence-corrected chi connectivity index (χ3v) is 6.42. The van der Waals surface area contributed by atoms with Crippen LogP contribution in [-0.4, -0.2) is 60.7 Å². The van der Waals surface area contributed by atoms with Crippen LogP contribution >= 0.6 is 11.8 Å². The van der Waals surface area contributed by atoms with E-state index in [0.717, 1.165) is 24.8 Å². The van der Waals surface area contributed by atoms with Crippen LogP contribution in [0.15, 0.2) is 35.5 Å². The van der Waals surface area contributed by atoms with Gasteiger partial charge in [0, 0.05) is 0 Å². The minimum atomic E-state index is -0.903. The molecule has 1 N–H and O–H groups in total. The largest absolute Gasteiger partial charge is 0.318 e. The number of hydrogen-bond acceptors (Lipinski definition) is 7. The molecule has 2 fully saturated rings. The Morgan fingerprint density at radius 1 is 1.14 bits per heavy atom. The third-order valence-electron chi connectivity index (χ3n) is 5.47. The highest BCUT2D eigenvalue weighted by Gasteiger charge is 2.50. The summed E-state index contributed by atoms with van der Waals surface area (Å²) in [6.45, 7) is 0.416. The SMILES string of the molecule is O=C1CN(C(=O)CSc2nnnn2Cc2ccccc2)C2(CCCCC2)C(=O)N1. The monoisotopic (exact) mass is 414 g/mol. The van der Waals surface area contributed by atoms with Crippen molar-refractivity contribution in [1.82, 2.24) is 30.4 Å². The van der Waals surface area contributed by atoms with E-state index in [1.54, 1.807) is 4.68 Å². The number of amides is 3. The van der Waals surface area contributed by atoms with Crippen LogP contribution in [-0.2, 0) is 20.9 Å². The van der Waals surface area contributed by atoms with Gasteiger partial charge in [-0.25, -0.2) is 4.68 Å². The van der Waals surface area contributed by atoms with Crippen LogP contribution < -0.4 is 5.32 Å². The smallest absolute Gasteiger partial charge is 0.252 e. The molecule has 152 valence electrons. The number of aromatic nitrogens is 4. The molecule has 4 rings (SSSR count). The number of benzene rings is 1. The van der Waals surface area contributed by atoms with Crippen molar-refractivity contribution < 1.29 is 14.4 Å². The van der Waals surface area contributed by atoms with Crippen molar-refractivity contribution in [2.45, 2.75) is 49.3 Å². The highest BCUT2D eigenvalue weighted by atomic mass is 32.2. The maximum atomic E-state index is 13.0. The molecule has 1 spiro atoms. The molecular weight excluding hydrogens is 392 g/mol. The summed E-state index contributed by atoms with van der Waals surface area (Å²) in [5.41, 5.74) is 0.146. The molecular formula is C19H22N6O3S. The molecule has 2 aromatic rings. The molecule has 9 nitrogen and oxygen atoms in total. The predicted molar refractivity (Wildman–Crippen MR) is 105 cm³/mol. The lowest BCUT2D eigenvalue weighted by atomic mass is 9.78. The number of piperazine rings is 1. The Labute approximate surface area is 172 Å². The highest BCUT2D eigenvalue weighted by molar-refractivity contribution is 7.99. The Morgan fingerprint density at radius 2 is 1.90 bits per heavy atom. The number of imide groups is 1. The van der Waals surface area contributed by atoms with Gasteiger partial charge in [0.1, 0.15) is 12.1 Å². The molecule has 1 saturated carbocycles. The average molecular weight is 414 g/mol. The average Bonchev–Trinajstić information content (AvgIpc) is 3.17. The second-order valence-electron chi connectivity index (χ2n) is 7.34. The zero-order valence-electron chi connectivity index (χ0n) is 15.9. The van der Waals surface area contributed by atoms with Gasteiger partial charge in [0.2, 0.25) is 17.0 Å². The molecule has 2 aliphatic rings. The van der Waals surface area contributed by atoms with Gasteiger partial charge in [0.15, 0.2) is 0 Å². The van der Waals surface area contributed by atoms with E-state index in [2.05, 4.69) is 20.8 Å². The van der Waals surface area contributed by atoms with Gasteiger partial charge in [-0.1, -0.05) is 61.4 Å². The molecule has 0 radical (unpaired) electrons. The van der Waals surface area contributed by atoms with Gasteiger partial charge in [0.05, 0.1) is 12.3 Å². The summed E-state index contributed by atoms with van der Waals surface area (Å²) in [5.74, 6) is -0.953. The first-order valence-electron chi connectivity index (χ1n) is 9.66. The van der Waals surface area contributed by atoms with Crippen molar-refractivity contribution in [2.75, 3.05) is 12.3 Å². The quantitative estimate of drug-likeness (QED) is 0.574. The molecule has 0 unspecified atom stereocenters. The highest BCUT2D eigenvalue weighted by Crippen LogP contribution is 2.36. The van der Waals surface area contributed by atoms with Crippen molar-refractivity contribution in [2.24, 2.45) is 0 Å². The summed E-state index contributed by atoms with van der Waals surface area (Å²) in [6.07, 6.45) is 3.96. The van der Waals surface area contributed by atoms with Gasteiger partial charge in [-0.05, 0) is 28.8 Å². The summed E-state index contributed by atoms with van der Waals surface area (Å²) >= 11 is 1.22. The second kappa shape index (κ2) is 8.32. The van der Waals surface area contributed by atoms with Gasteiger partial charge < -0.3 is 4.90 Å². The Kier molecular flexibility index (Phi) is 5.61. The predicted octanol–water partition coefficient (Wildman–Crippen LogP) is 1.00. The molecule has 3 amide bonds. The summed E-state index contributed by atoms with van der Waals surface area (Å²) in [7, 11) is 0. The zero-order valence-corrected chi connectivity index (χ0v) is 16.7. The number of nitrogens with one attached hydrogen (secondary N) is 1. The summed E-state index contributed by atoms with van der Waals surface area (Å²) < 4.78 is 1.64. The first kappa shape index (κ1) is 19.6. The van der Waals surface area contributed by atoms with Crippen LogP contribution in [0.5, 0.6) is 0 Å². The van der Waals surface area contributed by atoms with Crippen LogP contribution in [0.2, 0.25) is 0 Å². The fourth-order valence-electron chi connectivity index (χ4n) is 4.02. The van der Waals surface area contributed by atoms with Crippen LogP contribution in [0.25, 0.3) is 0 Å². The van der Waals surface area contributed by atoms with E-state index >= 15 is 0 Å². The van der Waals surface area contributed by atoms with E-state index in [1.165, 1.54) is 16.7 Å². The zero-order chi connectivity index (χ0) is 20.3. The Morgan fingerprint density at radius 3 is 2.66 bits per heavy atom. The lowest BCUT2D eigenvalue weighted by Crippen LogP contribution is -2.69. The van der Waals surface area contributed by atoms with Crippen molar-refractivity contribution >= 4 is 29.5 Å². The fraction of sp³-hybridized carbons (Fsp3) is 0.474. The lowest BCUT2D eigenvalue weighted by Gasteiger charge is -2.47. The molecule has 29 heavy (non-hydrogen) atoms. The van der Waals surface area contributed by atoms with Gasteiger partial charge in [-0.3, -0.25) is 19.7 Å². The van der Waals surface area contributed by atoms with E-state index in [4.69, 9.17) is 0 Å². The minimum absolute atomic E-state index is 0.0669. The second-order valence-corrected chi connectivity index (χ2v) is 8.29. The van der Waals surface area contributed by atoms with Gasteiger partial charge in [-0.2, -0.15) is 0 Å². The number of carbonyl (C=O) groups excluding carboxylic acids is 3. The normalized spacial score (nSPS) is 18.7. The molecule has 10 heteroatoms. The van der Waals surface area contributed by atoms with Crippen LogP contribution in [0.1, 0.15) is 37.7 Å². The molecule has 1 aliphatic heterocycles. The van der Waals surface area contributed by atoms with Gasteiger partial charge in [0.25, 0.3) is 5.91 Å². The number of rotatable bonds is 5. The molecule has 2 heterocycles. The molecule has 0 atom stereocenters.